The van der Waals surface area contributed by atoms with Crippen molar-refractivity contribution in [2.45, 2.75) is 6.42 Å². The van der Waals surface area contributed by atoms with Crippen molar-refractivity contribution < 1.29 is 14.2 Å². The van der Waals surface area contributed by atoms with Gasteiger partial charge in [-0.05, 0) is 24.1 Å². The summed E-state index contributed by atoms with van der Waals surface area (Å²) in [6, 6.07) is 4.72. The number of halogens is 1. The molecule has 1 aromatic carbocycles. The van der Waals surface area contributed by atoms with Crippen molar-refractivity contribution >= 4 is 5.69 Å². The molecule has 4 heteroatoms. The van der Waals surface area contributed by atoms with Crippen molar-refractivity contribution in [2.75, 3.05) is 37.8 Å². The third-order valence-electron chi connectivity index (χ3n) is 2.78. The van der Waals surface area contributed by atoms with Crippen LogP contribution in [0, 0.1) is 5.82 Å². The van der Waals surface area contributed by atoms with Crippen molar-refractivity contribution in [1.29, 1.82) is 0 Å². The van der Waals surface area contributed by atoms with Gasteiger partial charge < -0.3 is 14.7 Å². The second kappa shape index (κ2) is 5.27. The van der Waals surface area contributed by atoms with Crippen molar-refractivity contribution in [3.63, 3.8) is 0 Å². The quantitative estimate of drug-likeness (QED) is 0.839. The topological polar surface area (TPSA) is 32.7 Å². The van der Waals surface area contributed by atoms with Crippen LogP contribution in [0.15, 0.2) is 18.2 Å². The largest absolute Gasteiger partial charge is 0.396 e. The molecule has 1 aliphatic heterocycles. The van der Waals surface area contributed by atoms with Crippen LogP contribution < -0.4 is 4.90 Å². The number of aliphatic hydroxyl groups is 1. The smallest absolute Gasteiger partial charge is 0.125 e. The van der Waals surface area contributed by atoms with E-state index in [1.165, 1.54) is 12.1 Å². The predicted octanol–water partition coefficient (Wildman–Crippen LogP) is 1.20. The van der Waals surface area contributed by atoms with E-state index >= 15 is 0 Å². The lowest BCUT2D eigenvalue weighted by Gasteiger charge is -2.30. The van der Waals surface area contributed by atoms with Crippen molar-refractivity contribution in [3.05, 3.63) is 29.6 Å². The number of morpholine rings is 1. The van der Waals surface area contributed by atoms with Gasteiger partial charge in [0.1, 0.15) is 5.82 Å². The predicted molar refractivity (Wildman–Crippen MR) is 60.2 cm³/mol. The van der Waals surface area contributed by atoms with Gasteiger partial charge in [-0.25, -0.2) is 4.39 Å². The molecule has 88 valence electrons. The number of hydrogen-bond acceptors (Lipinski definition) is 3. The van der Waals surface area contributed by atoms with Crippen LogP contribution in [0.25, 0.3) is 0 Å². The van der Waals surface area contributed by atoms with Crippen LogP contribution >= 0.6 is 0 Å². The first kappa shape index (κ1) is 11.4. The van der Waals surface area contributed by atoms with Gasteiger partial charge in [-0.3, -0.25) is 0 Å². The van der Waals surface area contributed by atoms with Crippen LogP contribution in [0.5, 0.6) is 0 Å². The Morgan fingerprint density at radius 2 is 2.06 bits per heavy atom. The van der Waals surface area contributed by atoms with E-state index in [0.29, 0.717) is 19.6 Å². The maximum Gasteiger partial charge on any atom is 0.125 e. The summed E-state index contributed by atoms with van der Waals surface area (Å²) in [6.07, 6.45) is 0.562. The number of benzene rings is 1. The van der Waals surface area contributed by atoms with E-state index in [0.717, 1.165) is 24.3 Å². The molecule has 0 bridgehead atoms. The van der Waals surface area contributed by atoms with E-state index in [2.05, 4.69) is 4.90 Å². The van der Waals surface area contributed by atoms with E-state index in [1.807, 2.05) is 0 Å². The van der Waals surface area contributed by atoms with Gasteiger partial charge in [0.25, 0.3) is 0 Å². The van der Waals surface area contributed by atoms with E-state index in [1.54, 1.807) is 6.07 Å². The molecule has 1 aliphatic rings. The first-order valence-electron chi connectivity index (χ1n) is 5.53. The summed E-state index contributed by atoms with van der Waals surface area (Å²) >= 11 is 0. The number of rotatable bonds is 3. The summed E-state index contributed by atoms with van der Waals surface area (Å²) in [7, 11) is 0. The lowest BCUT2D eigenvalue weighted by Crippen LogP contribution is -2.36. The highest BCUT2D eigenvalue weighted by atomic mass is 19.1. The van der Waals surface area contributed by atoms with Gasteiger partial charge in [0.05, 0.1) is 13.2 Å². The van der Waals surface area contributed by atoms with E-state index in [4.69, 9.17) is 9.84 Å². The summed E-state index contributed by atoms with van der Waals surface area (Å²) in [6.45, 7) is 3.00. The lowest BCUT2D eigenvalue weighted by atomic mass is 10.1. The molecule has 3 nitrogen and oxygen atoms in total. The Labute approximate surface area is 94.4 Å². The Bertz CT molecular complexity index is 351. The third kappa shape index (κ3) is 2.51. The number of hydrogen-bond donors (Lipinski definition) is 1. The number of ether oxygens (including phenoxy) is 1. The normalized spacial score (nSPS) is 16.5. The molecule has 0 aliphatic carbocycles. The minimum absolute atomic E-state index is 0.0863. The lowest BCUT2D eigenvalue weighted by molar-refractivity contribution is 0.122. The van der Waals surface area contributed by atoms with Gasteiger partial charge in [-0.15, -0.1) is 0 Å². The summed E-state index contributed by atoms with van der Waals surface area (Å²) in [5, 5.41) is 8.97. The fraction of sp³-hybridized carbons (Fsp3) is 0.500. The summed E-state index contributed by atoms with van der Waals surface area (Å²) < 4.78 is 18.5. The Hall–Kier alpha value is -1.13. The monoisotopic (exact) mass is 225 g/mol. The van der Waals surface area contributed by atoms with E-state index in [9.17, 15) is 4.39 Å². The Morgan fingerprint density at radius 1 is 1.31 bits per heavy atom. The Kier molecular flexibility index (Phi) is 3.74. The molecule has 0 atom stereocenters. The minimum atomic E-state index is -0.233. The molecule has 16 heavy (non-hydrogen) atoms. The van der Waals surface area contributed by atoms with Crippen LogP contribution in [0.3, 0.4) is 0 Å². The van der Waals surface area contributed by atoms with Gasteiger partial charge in [0.15, 0.2) is 0 Å². The molecule has 0 amide bonds. The van der Waals surface area contributed by atoms with Crippen LogP contribution in [0.1, 0.15) is 5.56 Å². The van der Waals surface area contributed by atoms with Gasteiger partial charge >= 0.3 is 0 Å². The first-order valence-corrected chi connectivity index (χ1v) is 5.53. The molecular formula is C12H16FNO2. The van der Waals surface area contributed by atoms with Gasteiger partial charge in [-0.1, -0.05) is 6.07 Å². The molecule has 1 N–H and O–H groups in total. The SMILES string of the molecule is OCCc1ccc(F)cc1N1CCOCC1. The molecule has 2 rings (SSSR count). The zero-order valence-corrected chi connectivity index (χ0v) is 9.16. The van der Waals surface area contributed by atoms with E-state index < -0.39 is 0 Å². The number of aliphatic hydroxyl groups excluding tert-OH is 1. The molecule has 1 saturated heterocycles. The highest BCUT2D eigenvalue weighted by molar-refractivity contribution is 5.54. The summed E-state index contributed by atoms with van der Waals surface area (Å²) in [4.78, 5) is 2.11. The third-order valence-corrected chi connectivity index (χ3v) is 2.78. The zero-order valence-electron chi connectivity index (χ0n) is 9.16. The molecule has 1 aromatic rings. The maximum atomic E-state index is 13.2. The number of nitrogens with zero attached hydrogens (tertiary/aromatic N) is 1. The van der Waals surface area contributed by atoms with Gasteiger partial charge in [-0.2, -0.15) is 0 Å². The van der Waals surface area contributed by atoms with Crippen molar-refractivity contribution in [3.8, 4) is 0 Å². The highest BCUT2D eigenvalue weighted by Gasteiger charge is 2.15. The molecule has 1 heterocycles. The van der Waals surface area contributed by atoms with Crippen LogP contribution in [-0.4, -0.2) is 38.0 Å². The molecule has 0 aromatic heterocycles. The number of anilines is 1. The molecule has 0 radical (unpaired) electrons. The van der Waals surface area contributed by atoms with Crippen LogP contribution in [0.4, 0.5) is 10.1 Å². The Balaban J connectivity index is 2.24. The summed E-state index contributed by atoms with van der Waals surface area (Å²) in [5.41, 5.74) is 1.88. The standard InChI is InChI=1S/C12H16FNO2/c13-11-2-1-10(3-6-15)12(9-11)14-4-7-16-8-5-14/h1-2,9,15H,3-8H2. The molecular weight excluding hydrogens is 209 g/mol. The fourth-order valence-corrected chi connectivity index (χ4v) is 1.97. The van der Waals surface area contributed by atoms with Gasteiger partial charge in [0.2, 0.25) is 0 Å². The average Bonchev–Trinajstić information content (AvgIpc) is 2.33. The van der Waals surface area contributed by atoms with Crippen LogP contribution in [-0.2, 0) is 11.2 Å². The Morgan fingerprint density at radius 3 is 2.75 bits per heavy atom. The maximum absolute atomic E-state index is 13.2. The van der Waals surface area contributed by atoms with Crippen molar-refractivity contribution in [1.82, 2.24) is 0 Å². The minimum Gasteiger partial charge on any atom is -0.396 e. The van der Waals surface area contributed by atoms with Crippen LogP contribution in [0.2, 0.25) is 0 Å². The summed E-state index contributed by atoms with van der Waals surface area (Å²) in [5.74, 6) is -0.233. The average molecular weight is 225 g/mol. The second-order valence-corrected chi connectivity index (χ2v) is 3.85. The molecule has 0 unspecified atom stereocenters. The van der Waals surface area contributed by atoms with Crippen molar-refractivity contribution in [2.24, 2.45) is 0 Å². The molecule has 1 fully saturated rings. The second-order valence-electron chi connectivity index (χ2n) is 3.85. The highest BCUT2D eigenvalue weighted by Crippen LogP contribution is 2.23. The molecule has 0 spiro atoms. The zero-order chi connectivity index (χ0) is 11.4. The van der Waals surface area contributed by atoms with Gasteiger partial charge in [0, 0.05) is 25.4 Å². The fourth-order valence-electron chi connectivity index (χ4n) is 1.97. The first-order chi connectivity index (χ1) is 7.81. The van der Waals surface area contributed by atoms with E-state index in [-0.39, 0.29) is 12.4 Å². The molecule has 0 saturated carbocycles.